The number of benzene rings is 1. The van der Waals surface area contributed by atoms with Gasteiger partial charge in [-0.3, -0.25) is 4.57 Å². The van der Waals surface area contributed by atoms with Crippen molar-refractivity contribution >= 4 is 17.0 Å². The van der Waals surface area contributed by atoms with Crippen molar-refractivity contribution in [1.29, 1.82) is 0 Å². The van der Waals surface area contributed by atoms with E-state index in [0.717, 1.165) is 53.2 Å². The molecule has 1 aromatic carbocycles. The average Bonchev–Trinajstić information content (AvgIpc) is 3.28. The maximum Gasteiger partial charge on any atom is 0.165 e. The number of hydrogen-bond donors (Lipinski definition) is 2. The molecule has 1 aliphatic carbocycles. The third-order valence-corrected chi connectivity index (χ3v) is 5.51. The molecule has 3 aromatic heterocycles. The lowest BCUT2D eigenvalue weighted by Crippen LogP contribution is -2.06. The molecule has 6 nitrogen and oxygen atoms in total. The lowest BCUT2D eigenvalue weighted by atomic mass is 10.1. The van der Waals surface area contributed by atoms with Crippen molar-refractivity contribution in [3.63, 3.8) is 0 Å². The molecule has 4 N–H and O–H groups in total. The van der Waals surface area contributed by atoms with Crippen LogP contribution in [0.4, 0.5) is 5.82 Å². The predicted octanol–water partition coefficient (Wildman–Crippen LogP) is 3.57. The first kappa shape index (κ1) is 16.9. The number of aromatic nitrogens is 4. The van der Waals surface area contributed by atoms with Gasteiger partial charge in [-0.15, -0.1) is 0 Å². The molecule has 0 unspecified atom stereocenters. The van der Waals surface area contributed by atoms with E-state index in [1.165, 1.54) is 11.1 Å². The monoisotopic (exact) mass is 370 g/mol. The van der Waals surface area contributed by atoms with Crippen LogP contribution >= 0.6 is 0 Å². The van der Waals surface area contributed by atoms with Gasteiger partial charge in [-0.05, 0) is 66.8 Å². The van der Waals surface area contributed by atoms with Crippen molar-refractivity contribution in [2.24, 2.45) is 5.73 Å². The molecule has 0 aliphatic heterocycles. The quantitative estimate of drug-likeness (QED) is 0.575. The summed E-state index contributed by atoms with van der Waals surface area (Å²) < 4.78 is 2.09. The molecule has 0 fully saturated rings. The average molecular weight is 370 g/mol. The lowest BCUT2D eigenvalue weighted by Gasteiger charge is -2.12. The molecule has 1 atom stereocenters. The van der Waals surface area contributed by atoms with E-state index < -0.39 is 0 Å². The van der Waals surface area contributed by atoms with Gasteiger partial charge < -0.3 is 11.5 Å². The van der Waals surface area contributed by atoms with Crippen LogP contribution in [0.3, 0.4) is 0 Å². The van der Waals surface area contributed by atoms with Gasteiger partial charge in [0.15, 0.2) is 11.5 Å². The Kier molecular flexibility index (Phi) is 3.87. The topological polar surface area (TPSA) is 95.6 Å². The van der Waals surface area contributed by atoms with Gasteiger partial charge in [0.25, 0.3) is 0 Å². The number of nitrogens with two attached hydrogens (primary N) is 2. The Morgan fingerprint density at radius 1 is 1.14 bits per heavy atom. The molecule has 0 bridgehead atoms. The van der Waals surface area contributed by atoms with Crippen molar-refractivity contribution in [2.45, 2.75) is 32.2 Å². The van der Waals surface area contributed by atoms with Gasteiger partial charge in [-0.25, -0.2) is 15.0 Å². The van der Waals surface area contributed by atoms with E-state index in [2.05, 4.69) is 34.7 Å². The van der Waals surface area contributed by atoms with Crippen molar-refractivity contribution in [1.82, 2.24) is 19.5 Å². The van der Waals surface area contributed by atoms with Crippen LogP contribution in [0.5, 0.6) is 0 Å². The van der Waals surface area contributed by atoms with E-state index in [1.807, 2.05) is 24.3 Å². The fraction of sp³-hybridized carbons (Fsp3) is 0.227. The summed E-state index contributed by atoms with van der Waals surface area (Å²) in [5.41, 5.74) is 19.5. The number of pyridine rings is 2. The molecule has 0 amide bonds. The highest BCUT2D eigenvalue weighted by Crippen LogP contribution is 2.34. The number of rotatable bonds is 3. The summed E-state index contributed by atoms with van der Waals surface area (Å²) in [4.78, 5) is 14.0. The summed E-state index contributed by atoms with van der Waals surface area (Å²) in [6.07, 6.45) is 4.54. The maximum atomic E-state index is 6.23. The number of nitrogens with zero attached hydrogens (tertiary/aromatic N) is 4. The number of hydrogen-bond acceptors (Lipinski definition) is 5. The van der Waals surface area contributed by atoms with Crippen LogP contribution in [-0.2, 0) is 12.8 Å². The summed E-state index contributed by atoms with van der Waals surface area (Å²) in [6, 6.07) is 14.4. The molecule has 6 heteroatoms. The van der Waals surface area contributed by atoms with Gasteiger partial charge in [0.2, 0.25) is 0 Å². The predicted molar refractivity (Wildman–Crippen MR) is 111 cm³/mol. The van der Waals surface area contributed by atoms with Gasteiger partial charge in [-0.1, -0.05) is 13.0 Å². The standard InChI is InChI=1S/C22H22N6/c1-2-14-6-10-19-22(26-14)28(21(27-19)17-4-3-11-25-20(17)24)15-7-8-16-13(12-15)5-9-18(16)23/h3-4,6-8,10-12,18H,2,5,9,23H2,1H3,(H2,24,25)/t18-/m0/s1. The molecule has 1 aliphatic rings. The fourth-order valence-corrected chi connectivity index (χ4v) is 4.00. The Morgan fingerprint density at radius 3 is 2.86 bits per heavy atom. The third-order valence-electron chi connectivity index (χ3n) is 5.51. The third kappa shape index (κ3) is 2.57. The number of aryl methyl sites for hydroxylation is 2. The van der Waals surface area contributed by atoms with E-state index in [4.69, 9.17) is 21.4 Å². The summed E-state index contributed by atoms with van der Waals surface area (Å²) >= 11 is 0. The Labute approximate surface area is 163 Å². The molecule has 140 valence electrons. The lowest BCUT2D eigenvalue weighted by molar-refractivity contribution is 0.713. The second kappa shape index (κ2) is 6.42. The number of fused-ring (bicyclic) bond motifs is 2. The van der Waals surface area contributed by atoms with Crippen molar-refractivity contribution < 1.29 is 0 Å². The zero-order valence-electron chi connectivity index (χ0n) is 15.8. The molecule has 0 radical (unpaired) electrons. The van der Waals surface area contributed by atoms with E-state index in [1.54, 1.807) is 6.20 Å². The van der Waals surface area contributed by atoms with Gasteiger partial charge in [0.1, 0.15) is 11.3 Å². The number of imidazole rings is 1. The van der Waals surface area contributed by atoms with Crippen molar-refractivity contribution in [3.05, 3.63) is 65.5 Å². The van der Waals surface area contributed by atoms with E-state index in [0.29, 0.717) is 5.82 Å². The minimum atomic E-state index is 0.127. The van der Waals surface area contributed by atoms with Crippen LogP contribution in [0.25, 0.3) is 28.2 Å². The molecule has 0 saturated heterocycles. The zero-order valence-corrected chi connectivity index (χ0v) is 15.8. The summed E-state index contributed by atoms with van der Waals surface area (Å²) in [5, 5.41) is 0. The molecular formula is C22H22N6. The van der Waals surface area contributed by atoms with Crippen molar-refractivity contribution in [3.8, 4) is 17.1 Å². The normalized spacial score (nSPS) is 15.9. The van der Waals surface area contributed by atoms with Gasteiger partial charge >= 0.3 is 0 Å². The number of nitrogen functional groups attached to an aromatic ring is 1. The second-order valence-corrected chi connectivity index (χ2v) is 7.23. The van der Waals surface area contributed by atoms with E-state index >= 15 is 0 Å². The van der Waals surface area contributed by atoms with Crippen LogP contribution in [0.15, 0.2) is 48.7 Å². The van der Waals surface area contributed by atoms with Crippen LogP contribution in [0.1, 0.15) is 36.2 Å². The summed E-state index contributed by atoms with van der Waals surface area (Å²) in [5.74, 6) is 1.21. The molecule has 4 aromatic rings. The fourth-order valence-electron chi connectivity index (χ4n) is 4.00. The smallest absolute Gasteiger partial charge is 0.165 e. The first-order chi connectivity index (χ1) is 13.7. The maximum absolute atomic E-state index is 6.23. The first-order valence-electron chi connectivity index (χ1n) is 9.63. The highest BCUT2D eigenvalue weighted by atomic mass is 15.1. The first-order valence-corrected chi connectivity index (χ1v) is 9.63. The highest BCUT2D eigenvalue weighted by molar-refractivity contribution is 5.83. The largest absolute Gasteiger partial charge is 0.383 e. The molecule has 5 rings (SSSR count). The molecule has 0 spiro atoms. The SMILES string of the molecule is CCc1ccc2nc(-c3cccnc3N)n(-c3ccc4c(c3)CC[C@@H]4N)c2n1. The summed E-state index contributed by atoms with van der Waals surface area (Å²) in [6.45, 7) is 2.10. The van der Waals surface area contributed by atoms with Crippen LogP contribution < -0.4 is 11.5 Å². The van der Waals surface area contributed by atoms with Crippen molar-refractivity contribution in [2.75, 3.05) is 5.73 Å². The minimum absolute atomic E-state index is 0.127. The Morgan fingerprint density at radius 2 is 2.04 bits per heavy atom. The Balaban J connectivity index is 1.81. The van der Waals surface area contributed by atoms with E-state index in [-0.39, 0.29) is 6.04 Å². The molecule has 3 heterocycles. The summed E-state index contributed by atoms with van der Waals surface area (Å²) in [7, 11) is 0. The second-order valence-electron chi connectivity index (χ2n) is 7.23. The van der Waals surface area contributed by atoms with Crippen LogP contribution in [0, 0.1) is 0 Å². The van der Waals surface area contributed by atoms with Crippen LogP contribution in [0.2, 0.25) is 0 Å². The number of anilines is 1. The Bertz CT molecular complexity index is 1190. The highest BCUT2D eigenvalue weighted by Gasteiger charge is 2.22. The van der Waals surface area contributed by atoms with Gasteiger partial charge in [-0.2, -0.15) is 0 Å². The minimum Gasteiger partial charge on any atom is -0.383 e. The molecular weight excluding hydrogens is 348 g/mol. The Hall–Kier alpha value is -3.25. The zero-order chi connectivity index (χ0) is 19.3. The molecule has 0 saturated carbocycles. The van der Waals surface area contributed by atoms with Crippen LogP contribution in [-0.4, -0.2) is 19.5 Å². The van der Waals surface area contributed by atoms with E-state index in [9.17, 15) is 0 Å². The van der Waals surface area contributed by atoms with Gasteiger partial charge in [0, 0.05) is 23.6 Å². The molecule has 28 heavy (non-hydrogen) atoms. The van der Waals surface area contributed by atoms with Gasteiger partial charge in [0.05, 0.1) is 5.56 Å².